The molecule has 0 unspecified atom stereocenters. The number of aliphatic carboxylic acids is 1. The molecule has 0 bridgehead atoms. The van der Waals surface area contributed by atoms with Crippen LogP contribution in [-0.4, -0.2) is 32.0 Å². The predicted molar refractivity (Wildman–Crippen MR) is 39.3 cm³/mol. The van der Waals surface area contributed by atoms with Crippen molar-refractivity contribution in [2.45, 2.75) is 6.92 Å². The zero-order valence-electron chi connectivity index (χ0n) is 5.47. The topological polar surface area (TPSA) is 81.5 Å². The fourth-order valence-electron chi connectivity index (χ4n) is 0. The second-order valence-corrected chi connectivity index (χ2v) is 4.19. The Morgan fingerprint density at radius 1 is 1.62 bits per heavy atom. The van der Waals surface area contributed by atoms with Gasteiger partial charge in [0.15, 0.2) is 0 Å². The van der Waals surface area contributed by atoms with Crippen molar-refractivity contribution < 1.29 is 14.0 Å². The van der Waals surface area contributed by atoms with Gasteiger partial charge in [-0.25, -0.2) is 0 Å². The number of hydrogen-bond acceptors (Lipinski definition) is 3. The molecule has 0 aliphatic carbocycles. The fraction of sp³-hybridized carbons (Fsp3) is 0.500. The zero-order chi connectivity index (χ0) is 6.28. The third-order valence-electron chi connectivity index (χ3n) is 0. The van der Waals surface area contributed by atoms with Gasteiger partial charge in [0, 0.05) is 6.92 Å². The van der Waals surface area contributed by atoms with Crippen LogP contribution >= 0.6 is 0 Å². The van der Waals surface area contributed by atoms with Crippen LogP contribution in [0.25, 0.3) is 0 Å². The highest BCUT2D eigenvalue weighted by Gasteiger charge is 1.65. The number of rotatable bonds is 0. The van der Waals surface area contributed by atoms with Crippen LogP contribution < -0.4 is 6.15 Å². The van der Waals surface area contributed by atoms with E-state index < -0.39 is 5.97 Å². The van der Waals surface area contributed by atoms with Gasteiger partial charge in [-0.1, -0.05) is 0 Å². The summed E-state index contributed by atoms with van der Waals surface area (Å²) in [5.74, 6) is -0.833. The molecule has 0 aromatic heterocycles. The Bertz CT molecular complexity index is 46.5. The van der Waals surface area contributed by atoms with Crippen molar-refractivity contribution in [2.24, 2.45) is 0 Å². The van der Waals surface area contributed by atoms with E-state index in [0.717, 1.165) is 27.9 Å². The Morgan fingerprint density at radius 3 is 1.62 bits per heavy atom. The molecule has 52 valence electrons. The molecule has 8 heavy (non-hydrogen) atoms. The molecule has 0 aromatic rings. The summed E-state index contributed by atoms with van der Waals surface area (Å²) in [6.45, 7) is 1.08. The van der Waals surface area contributed by atoms with Crippen molar-refractivity contribution in [3.63, 3.8) is 0 Å². The number of carbonyl (C=O) groups is 1. The quantitative estimate of drug-likeness (QED) is 0.390. The molecule has 0 aliphatic rings. The smallest absolute Gasteiger partial charge is 0.300 e. The average Bonchev–Trinajstić information content (AvgIpc) is 1.33. The Balaban J connectivity index is -0.0000000575. The molecular formula is C2H13NO3Si2. The van der Waals surface area contributed by atoms with Crippen molar-refractivity contribution in [2.75, 3.05) is 0 Å². The highest BCUT2D eigenvalue weighted by Crippen LogP contribution is 1.42. The Morgan fingerprint density at radius 2 is 1.62 bits per heavy atom. The van der Waals surface area contributed by atoms with Crippen LogP contribution in [0, 0.1) is 0 Å². The highest BCUT2D eigenvalue weighted by atomic mass is 28.3. The normalized spacial score (nSPS) is 6.12. The van der Waals surface area contributed by atoms with Crippen molar-refractivity contribution in [3.8, 4) is 0 Å². The first-order chi connectivity index (χ1) is 3.15. The third-order valence-corrected chi connectivity index (χ3v) is 0. The van der Waals surface area contributed by atoms with Gasteiger partial charge in [-0.2, -0.15) is 0 Å². The van der Waals surface area contributed by atoms with Gasteiger partial charge in [0.25, 0.3) is 5.97 Å². The van der Waals surface area contributed by atoms with E-state index in [0.29, 0.717) is 0 Å². The van der Waals surface area contributed by atoms with Gasteiger partial charge in [-0.3, -0.25) is 4.79 Å². The first kappa shape index (κ1) is 15.7. The largest absolute Gasteiger partial charge is 0.481 e. The number of hydrogen-bond donors (Lipinski definition) is 2. The summed E-state index contributed by atoms with van der Waals surface area (Å²) in [7, 11) is 1.86. The molecule has 0 saturated carbocycles. The molecule has 4 N–H and O–H groups in total. The molecule has 4 nitrogen and oxygen atoms in total. The van der Waals surface area contributed by atoms with Crippen molar-refractivity contribution in [3.05, 3.63) is 0 Å². The molecule has 0 heterocycles. The number of carboxylic acids is 1. The Hall–Kier alpha value is -0.176. The van der Waals surface area contributed by atoms with E-state index in [1.165, 1.54) is 0 Å². The Labute approximate surface area is 54.9 Å². The van der Waals surface area contributed by atoms with Gasteiger partial charge in [-0.05, 0) is 0 Å². The molecule has 0 aromatic carbocycles. The Kier molecular flexibility index (Phi) is 31.0. The minimum absolute atomic E-state index is 0. The molecule has 0 saturated heterocycles. The van der Waals surface area contributed by atoms with Crippen LogP contribution in [0.5, 0.6) is 0 Å². The average molecular weight is 155 g/mol. The summed E-state index contributed by atoms with van der Waals surface area (Å²) in [6, 6.07) is 0. The van der Waals surface area contributed by atoms with Gasteiger partial charge in [-0.15, -0.1) is 0 Å². The minimum atomic E-state index is -0.833. The van der Waals surface area contributed by atoms with Gasteiger partial charge in [0.05, 0.1) is 0 Å². The van der Waals surface area contributed by atoms with E-state index in [-0.39, 0.29) is 6.15 Å². The van der Waals surface area contributed by atoms with Crippen molar-refractivity contribution in [1.82, 2.24) is 6.15 Å². The maximum absolute atomic E-state index is 9.00. The summed E-state index contributed by atoms with van der Waals surface area (Å²) in [6.07, 6.45) is 0. The zero-order valence-corrected chi connectivity index (χ0v) is 9.47. The molecular weight excluding hydrogens is 142 g/mol. The van der Waals surface area contributed by atoms with Crippen LogP contribution in [0.3, 0.4) is 0 Å². The van der Waals surface area contributed by atoms with E-state index in [9.17, 15) is 0 Å². The van der Waals surface area contributed by atoms with Crippen LogP contribution in [0.15, 0.2) is 0 Å². The summed E-state index contributed by atoms with van der Waals surface area (Å²) in [4.78, 5) is 9.00. The summed E-state index contributed by atoms with van der Waals surface area (Å²) in [5, 5.41) is 7.42. The van der Waals surface area contributed by atoms with E-state index in [4.69, 9.17) is 9.90 Å². The first-order valence-corrected chi connectivity index (χ1v) is 3.38. The lowest BCUT2D eigenvalue weighted by Crippen LogP contribution is -1.78. The molecule has 0 rings (SSSR count). The minimum Gasteiger partial charge on any atom is -0.481 e. The lowest BCUT2D eigenvalue weighted by Gasteiger charge is -1.62. The molecule has 0 radical (unpaired) electrons. The van der Waals surface area contributed by atoms with Crippen LogP contribution in [0.1, 0.15) is 6.92 Å². The first-order valence-electron chi connectivity index (χ1n) is 1.74. The van der Waals surface area contributed by atoms with Gasteiger partial charge >= 0.3 is 0 Å². The maximum atomic E-state index is 9.00. The highest BCUT2D eigenvalue weighted by molar-refractivity contribution is 6.15. The van der Waals surface area contributed by atoms with E-state index in [1.54, 1.807) is 0 Å². The van der Waals surface area contributed by atoms with Crippen molar-refractivity contribution >= 4 is 26.9 Å². The molecule has 0 aliphatic heterocycles. The summed E-state index contributed by atoms with van der Waals surface area (Å²) >= 11 is 0. The molecule has 0 fully saturated rings. The molecule has 0 atom stereocenters. The van der Waals surface area contributed by atoms with Gasteiger partial charge in [0.1, 0.15) is 21.0 Å². The fourth-order valence-corrected chi connectivity index (χ4v) is 0. The van der Waals surface area contributed by atoms with Crippen LogP contribution in [0.4, 0.5) is 0 Å². The molecule has 0 amide bonds. The predicted octanol–water partition coefficient (Wildman–Crippen LogP) is -2.18. The lowest BCUT2D eigenvalue weighted by atomic mass is 10.9. The third kappa shape index (κ3) is 4360. The second kappa shape index (κ2) is 15.8. The van der Waals surface area contributed by atoms with E-state index >= 15 is 0 Å². The molecule has 6 heteroatoms. The van der Waals surface area contributed by atoms with Gasteiger partial charge in [0.2, 0.25) is 0 Å². The SMILES string of the molecule is CC(=O)O.N.[SiH3]O[SiH3]. The standard InChI is InChI=1S/C2H4O2.H3N.H6OSi2/c1-2(3)4;;2-1-3/h1H3,(H,3,4);1H3;2-3H3. The number of carboxylic acid groups (broad SMARTS) is 1. The monoisotopic (exact) mass is 155 g/mol. The second-order valence-electron chi connectivity index (χ2n) is 0.927. The van der Waals surface area contributed by atoms with Gasteiger partial charge < -0.3 is 15.4 Å². The van der Waals surface area contributed by atoms with E-state index in [2.05, 4.69) is 4.12 Å². The summed E-state index contributed by atoms with van der Waals surface area (Å²) < 4.78 is 4.53. The molecule has 0 spiro atoms. The summed E-state index contributed by atoms with van der Waals surface area (Å²) in [5.41, 5.74) is 0. The maximum Gasteiger partial charge on any atom is 0.300 e. The lowest BCUT2D eigenvalue weighted by molar-refractivity contribution is -0.134. The van der Waals surface area contributed by atoms with Crippen LogP contribution in [0.2, 0.25) is 0 Å². The van der Waals surface area contributed by atoms with Crippen LogP contribution in [-0.2, 0) is 8.91 Å². The van der Waals surface area contributed by atoms with Crippen molar-refractivity contribution in [1.29, 1.82) is 0 Å². The van der Waals surface area contributed by atoms with E-state index in [1.807, 2.05) is 0 Å².